The molecular formula is C18H25N3O4S. The van der Waals surface area contributed by atoms with Crippen molar-refractivity contribution in [3.8, 4) is 5.75 Å². The molecule has 0 aliphatic rings. The first-order valence-electron chi connectivity index (χ1n) is 8.31. The van der Waals surface area contributed by atoms with Gasteiger partial charge in [0.2, 0.25) is 10.0 Å². The zero-order valence-corrected chi connectivity index (χ0v) is 15.5. The Bertz CT molecular complexity index is 752. The molecule has 142 valence electrons. The Kier molecular flexibility index (Phi) is 7.71. The molecule has 2 aromatic carbocycles. The highest BCUT2D eigenvalue weighted by Crippen LogP contribution is 2.16. The molecule has 2 rings (SSSR count). The predicted molar refractivity (Wildman–Crippen MR) is 104 cm³/mol. The molecule has 0 heterocycles. The lowest BCUT2D eigenvalue weighted by molar-refractivity contribution is 0.107. The molecule has 0 spiro atoms. The number of ether oxygens (including phenoxy) is 1. The number of nitrogens with one attached hydrogen (secondary N) is 3. The van der Waals surface area contributed by atoms with E-state index in [0.29, 0.717) is 18.0 Å². The SMILES string of the molecule is CS(=O)(=O)Nc1ccc(OC[C@H](O)CNCCNc2ccccc2)cc1. The Balaban J connectivity index is 1.60. The van der Waals surface area contributed by atoms with Gasteiger partial charge in [0.05, 0.1) is 6.26 Å². The molecule has 26 heavy (non-hydrogen) atoms. The predicted octanol–water partition coefficient (Wildman–Crippen LogP) is 1.50. The first-order valence-corrected chi connectivity index (χ1v) is 10.2. The zero-order valence-electron chi connectivity index (χ0n) is 14.7. The molecule has 0 unspecified atom stereocenters. The molecule has 0 aromatic heterocycles. The van der Waals surface area contributed by atoms with Crippen molar-refractivity contribution in [1.82, 2.24) is 5.32 Å². The molecule has 0 saturated heterocycles. The van der Waals surface area contributed by atoms with Gasteiger partial charge in [-0.15, -0.1) is 0 Å². The first-order chi connectivity index (χ1) is 12.4. The van der Waals surface area contributed by atoms with E-state index >= 15 is 0 Å². The fourth-order valence-corrected chi connectivity index (χ4v) is 2.77. The summed E-state index contributed by atoms with van der Waals surface area (Å²) in [5.74, 6) is 0.564. The van der Waals surface area contributed by atoms with Crippen molar-refractivity contribution in [2.24, 2.45) is 0 Å². The van der Waals surface area contributed by atoms with E-state index in [1.54, 1.807) is 24.3 Å². The van der Waals surface area contributed by atoms with E-state index in [0.717, 1.165) is 25.0 Å². The van der Waals surface area contributed by atoms with Crippen LogP contribution >= 0.6 is 0 Å². The second-order valence-electron chi connectivity index (χ2n) is 5.86. The van der Waals surface area contributed by atoms with Gasteiger partial charge >= 0.3 is 0 Å². The van der Waals surface area contributed by atoms with Gasteiger partial charge < -0.3 is 20.5 Å². The molecule has 0 saturated carbocycles. The van der Waals surface area contributed by atoms with Crippen LogP contribution in [0.2, 0.25) is 0 Å². The maximum absolute atomic E-state index is 11.1. The standard InChI is InChI=1S/C18H25N3O4S/c1-26(23,24)21-16-7-9-18(10-8-16)25-14-17(22)13-19-11-12-20-15-5-3-2-4-6-15/h2-10,17,19-22H,11-14H2,1H3/t17-/m1/s1. The van der Waals surface area contributed by atoms with Crippen LogP contribution in [0.25, 0.3) is 0 Å². The lowest BCUT2D eigenvalue weighted by Gasteiger charge is -2.14. The van der Waals surface area contributed by atoms with E-state index in [2.05, 4.69) is 15.4 Å². The maximum Gasteiger partial charge on any atom is 0.229 e. The number of aliphatic hydroxyl groups excluding tert-OH is 1. The number of aliphatic hydroxyl groups is 1. The van der Waals surface area contributed by atoms with Crippen molar-refractivity contribution in [2.45, 2.75) is 6.10 Å². The first kappa shape index (κ1) is 20.0. The van der Waals surface area contributed by atoms with Gasteiger partial charge in [-0.25, -0.2) is 8.42 Å². The summed E-state index contributed by atoms with van der Waals surface area (Å²) in [6.07, 6.45) is 0.455. The number of rotatable bonds is 11. The number of benzene rings is 2. The van der Waals surface area contributed by atoms with Crippen LogP contribution in [0.4, 0.5) is 11.4 Å². The van der Waals surface area contributed by atoms with Crippen LogP contribution in [-0.2, 0) is 10.0 Å². The second kappa shape index (κ2) is 10.0. The van der Waals surface area contributed by atoms with Crippen LogP contribution in [0.5, 0.6) is 5.75 Å². The van der Waals surface area contributed by atoms with Crippen LogP contribution in [0.1, 0.15) is 0 Å². The second-order valence-corrected chi connectivity index (χ2v) is 7.61. The van der Waals surface area contributed by atoms with E-state index in [1.165, 1.54) is 0 Å². The molecule has 0 aliphatic heterocycles. The maximum atomic E-state index is 11.1. The number of para-hydroxylation sites is 1. The third-order valence-electron chi connectivity index (χ3n) is 3.38. The minimum Gasteiger partial charge on any atom is -0.491 e. The fraction of sp³-hybridized carbons (Fsp3) is 0.333. The topological polar surface area (TPSA) is 99.7 Å². The lowest BCUT2D eigenvalue weighted by Crippen LogP contribution is -2.34. The van der Waals surface area contributed by atoms with Crippen LogP contribution in [0.3, 0.4) is 0 Å². The van der Waals surface area contributed by atoms with Crippen molar-refractivity contribution >= 4 is 21.4 Å². The third kappa shape index (κ3) is 8.19. The molecule has 0 aliphatic carbocycles. The summed E-state index contributed by atoms with van der Waals surface area (Å²) in [6, 6.07) is 16.4. The smallest absolute Gasteiger partial charge is 0.229 e. The van der Waals surface area contributed by atoms with Crippen molar-refractivity contribution in [1.29, 1.82) is 0 Å². The number of hydrogen-bond acceptors (Lipinski definition) is 6. The Labute approximate surface area is 154 Å². The third-order valence-corrected chi connectivity index (χ3v) is 3.99. The van der Waals surface area contributed by atoms with Crippen LogP contribution in [0, 0.1) is 0 Å². The average Bonchev–Trinajstić information content (AvgIpc) is 2.60. The Morgan fingerprint density at radius 1 is 1.00 bits per heavy atom. The summed E-state index contributed by atoms with van der Waals surface area (Å²) >= 11 is 0. The molecule has 8 heteroatoms. The van der Waals surface area contributed by atoms with Gasteiger partial charge in [-0.2, -0.15) is 0 Å². The number of anilines is 2. The Hall–Kier alpha value is -2.29. The van der Waals surface area contributed by atoms with E-state index in [4.69, 9.17) is 4.74 Å². The molecule has 0 radical (unpaired) electrons. The molecule has 2 aromatic rings. The van der Waals surface area contributed by atoms with Gasteiger partial charge in [-0.3, -0.25) is 4.72 Å². The molecular weight excluding hydrogens is 354 g/mol. The van der Waals surface area contributed by atoms with E-state index in [-0.39, 0.29) is 6.61 Å². The van der Waals surface area contributed by atoms with Gasteiger partial charge in [0.15, 0.2) is 0 Å². The van der Waals surface area contributed by atoms with E-state index in [9.17, 15) is 13.5 Å². The minimum absolute atomic E-state index is 0.151. The summed E-state index contributed by atoms with van der Waals surface area (Å²) in [6.45, 7) is 2.05. The highest BCUT2D eigenvalue weighted by Gasteiger charge is 2.06. The normalized spacial score (nSPS) is 12.4. The summed E-state index contributed by atoms with van der Waals surface area (Å²) in [5, 5.41) is 16.4. The molecule has 0 bridgehead atoms. The number of hydrogen-bond donors (Lipinski definition) is 4. The molecule has 7 nitrogen and oxygen atoms in total. The fourth-order valence-electron chi connectivity index (χ4n) is 2.20. The van der Waals surface area contributed by atoms with Gasteiger partial charge in [0, 0.05) is 31.0 Å². The van der Waals surface area contributed by atoms with Gasteiger partial charge in [-0.1, -0.05) is 18.2 Å². The number of sulfonamides is 1. The minimum atomic E-state index is -3.29. The summed E-state index contributed by atoms with van der Waals surface area (Å²) in [5.41, 5.74) is 1.53. The molecule has 0 amide bonds. The highest BCUT2D eigenvalue weighted by atomic mass is 32.2. The van der Waals surface area contributed by atoms with E-state index < -0.39 is 16.1 Å². The molecule has 1 atom stereocenters. The van der Waals surface area contributed by atoms with Crippen molar-refractivity contribution in [3.05, 3.63) is 54.6 Å². The summed E-state index contributed by atoms with van der Waals surface area (Å²) in [7, 11) is -3.29. The van der Waals surface area contributed by atoms with Crippen molar-refractivity contribution < 1.29 is 18.3 Å². The van der Waals surface area contributed by atoms with Crippen LogP contribution in [0.15, 0.2) is 54.6 Å². The molecule has 4 N–H and O–H groups in total. The van der Waals surface area contributed by atoms with Crippen molar-refractivity contribution in [2.75, 3.05) is 42.5 Å². The Morgan fingerprint density at radius 2 is 1.69 bits per heavy atom. The summed E-state index contributed by atoms with van der Waals surface area (Å²) < 4.78 is 30.2. The van der Waals surface area contributed by atoms with Crippen LogP contribution < -0.4 is 20.1 Å². The van der Waals surface area contributed by atoms with E-state index in [1.807, 2.05) is 30.3 Å². The van der Waals surface area contributed by atoms with Gasteiger partial charge in [0.25, 0.3) is 0 Å². The highest BCUT2D eigenvalue weighted by molar-refractivity contribution is 7.92. The van der Waals surface area contributed by atoms with Crippen molar-refractivity contribution in [3.63, 3.8) is 0 Å². The van der Waals surface area contributed by atoms with Gasteiger partial charge in [-0.05, 0) is 36.4 Å². The average molecular weight is 379 g/mol. The zero-order chi connectivity index (χ0) is 18.8. The molecule has 0 fully saturated rings. The largest absolute Gasteiger partial charge is 0.491 e. The van der Waals surface area contributed by atoms with Crippen LogP contribution in [-0.4, -0.2) is 52.1 Å². The Morgan fingerprint density at radius 3 is 2.35 bits per heavy atom. The van der Waals surface area contributed by atoms with Gasteiger partial charge in [0.1, 0.15) is 18.5 Å². The quantitative estimate of drug-likeness (QED) is 0.442. The monoisotopic (exact) mass is 379 g/mol. The lowest BCUT2D eigenvalue weighted by atomic mass is 10.3. The summed E-state index contributed by atoms with van der Waals surface area (Å²) in [4.78, 5) is 0.